The summed E-state index contributed by atoms with van der Waals surface area (Å²) in [6.45, 7) is 2.30. The van der Waals surface area contributed by atoms with E-state index in [1.54, 1.807) is 24.1 Å². The van der Waals surface area contributed by atoms with Gasteiger partial charge in [0.2, 0.25) is 0 Å². The van der Waals surface area contributed by atoms with Crippen molar-refractivity contribution >= 4 is 6.03 Å². The second-order valence-corrected chi connectivity index (χ2v) is 5.66. The molecule has 0 saturated carbocycles. The van der Waals surface area contributed by atoms with E-state index in [1.165, 1.54) is 0 Å². The number of carbonyl (C=O) groups is 1. The Bertz CT molecular complexity index is 715. The quantitative estimate of drug-likeness (QED) is 0.850. The fourth-order valence-corrected chi connectivity index (χ4v) is 2.22. The van der Waals surface area contributed by atoms with Crippen molar-refractivity contribution in [3.63, 3.8) is 0 Å². The van der Waals surface area contributed by atoms with Gasteiger partial charge in [-0.05, 0) is 43.2 Å². The summed E-state index contributed by atoms with van der Waals surface area (Å²) in [6.07, 6.45) is 0.722. The molecule has 2 aromatic carbocycles. The zero-order valence-corrected chi connectivity index (χ0v) is 14.0. The normalized spacial score (nSPS) is 11.1. The lowest BCUT2D eigenvalue weighted by Crippen LogP contribution is -2.43. The van der Waals surface area contributed by atoms with Crippen LogP contribution in [0.5, 0.6) is 5.75 Å². The number of rotatable bonds is 4. The molecule has 0 bridgehead atoms. The number of phenolic OH excluding ortho intramolecular Hbond substituents is 1. The number of amides is 2. The minimum absolute atomic E-state index is 0.0385. The number of hydrogen-bond acceptors (Lipinski definition) is 2. The number of phenols is 1. The van der Waals surface area contributed by atoms with Crippen LogP contribution in [0, 0.1) is 11.8 Å². The maximum Gasteiger partial charge on any atom is 0.318 e. The highest BCUT2D eigenvalue weighted by atomic mass is 16.3. The molecule has 4 heteroatoms. The van der Waals surface area contributed by atoms with Crippen molar-refractivity contribution in [1.29, 1.82) is 0 Å². The number of nitrogens with zero attached hydrogens (tertiary/aromatic N) is 1. The second-order valence-electron chi connectivity index (χ2n) is 5.66. The largest absolute Gasteiger partial charge is 0.508 e. The smallest absolute Gasteiger partial charge is 0.318 e. The monoisotopic (exact) mass is 322 g/mol. The van der Waals surface area contributed by atoms with Crippen LogP contribution in [0.25, 0.3) is 0 Å². The number of benzene rings is 2. The van der Waals surface area contributed by atoms with E-state index in [9.17, 15) is 9.90 Å². The maximum atomic E-state index is 12.1. The Labute approximate surface area is 143 Å². The number of aromatic hydroxyl groups is 1. The van der Waals surface area contributed by atoms with Crippen LogP contribution in [0.2, 0.25) is 0 Å². The molecular formula is C20H22N2O2. The van der Waals surface area contributed by atoms with Gasteiger partial charge < -0.3 is 15.3 Å². The average Bonchev–Trinajstić information content (AvgIpc) is 2.60. The molecule has 0 aliphatic heterocycles. The highest BCUT2D eigenvalue weighted by Crippen LogP contribution is 2.13. The molecule has 0 radical (unpaired) electrons. The molecule has 124 valence electrons. The van der Waals surface area contributed by atoms with Crippen molar-refractivity contribution in [1.82, 2.24) is 10.2 Å². The van der Waals surface area contributed by atoms with E-state index in [-0.39, 0.29) is 17.8 Å². The molecule has 0 saturated heterocycles. The van der Waals surface area contributed by atoms with Crippen LogP contribution in [0.15, 0.2) is 54.6 Å². The third-order valence-corrected chi connectivity index (χ3v) is 3.78. The SMILES string of the molecule is CC(Cc1ccc(O)cc1)N(C)C(=O)NCC#Cc1ccccc1. The summed E-state index contributed by atoms with van der Waals surface area (Å²) in [7, 11) is 1.77. The van der Waals surface area contributed by atoms with Crippen LogP contribution >= 0.6 is 0 Å². The molecule has 1 atom stereocenters. The van der Waals surface area contributed by atoms with E-state index in [0.29, 0.717) is 6.54 Å². The van der Waals surface area contributed by atoms with Gasteiger partial charge in [-0.2, -0.15) is 0 Å². The number of likely N-dealkylation sites (N-methyl/N-ethyl adjacent to an activating group) is 1. The summed E-state index contributed by atoms with van der Waals surface area (Å²) in [5.74, 6) is 6.20. The molecular weight excluding hydrogens is 300 g/mol. The lowest BCUT2D eigenvalue weighted by atomic mass is 10.1. The Morgan fingerprint density at radius 2 is 1.83 bits per heavy atom. The zero-order chi connectivity index (χ0) is 17.4. The fourth-order valence-electron chi connectivity index (χ4n) is 2.22. The molecule has 0 aliphatic carbocycles. The summed E-state index contributed by atoms with van der Waals surface area (Å²) in [4.78, 5) is 13.8. The van der Waals surface area contributed by atoms with Crippen LogP contribution < -0.4 is 5.32 Å². The molecule has 0 aliphatic rings. The predicted molar refractivity (Wildman–Crippen MR) is 95.8 cm³/mol. The number of urea groups is 1. The lowest BCUT2D eigenvalue weighted by Gasteiger charge is -2.25. The van der Waals surface area contributed by atoms with Gasteiger partial charge in [-0.15, -0.1) is 0 Å². The van der Waals surface area contributed by atoms with Gasteiger partial charge in [-0.3, -0.25) is 0 Å². The van der Waals surface area contributed by atoms with Gasteiger partial charge in [-0.1, -0.05) is 42.2 Å². The van der Waals surface area contributed by atoms with Crippen LogP contribution in [0.3, 0.4) is 0 Å². The van der Waals surface area contributed by atoms with Gasteiger partial charge in [0, 0.05) is 18.7 Å². The minimum Gasteiger partial charge on any atom is -0.508 e. The van der Waals surface area contributed by atoms with Crippen molar-refractivity contribution in [2.24, 2.45) is 0 Å². The first-order chi connectivity index (χ1) is 11.6. The Morgan fingerprint density at radius 1 is 1.17 bits per heavy atom. The van der Waals surface area contributed by atoms with E-state index in [2.05, 4.69) is 17.2 Å². The number of nitrogens with one attached hydrogen (secondary N) is 1. The maximum absolute atomic E-state index is 12.1. The standard InChI is InChI=1S/C20H22N2O2/c1-16(15-18-10-12-19(23)13-11-18)22(2)20(24)21-14-6-9-17-7-4-3-5-8-17/h3-5,7-8,10-13,16,23H,14-15H2,1-2H3,(H,21,24). The molecule has 0 spiro atoms. The number of hydrogen-bond donors (Lipinski definition) is 2. The van der Waals surface area contributed by atoms with Crippen molar-refractivity contribution in [3.8, 4) is 17.6 Å². The highest BCUT2D eigenvalue weighted by molar-refractivity contribution is 5.74. The predicted octanol–water partition coefficient (Wildman–Crippen LogP) is 3.02. The van der Waals surface area contributed by atoms with Crippen molar-refractivity contribution in [3.05, 3.63) is 65.7 Å². The summed E-state index contributed by atoms with van der Waals surface area (Å²) in [5, 5.41) is 12.1. The molecule has 2 N–H and O–H groups in total. The van der Waals surface area contributed by atoms with Crippen molar-refractivity contribution < 1.29 is 9.90 Å². The van der Waals surface area contributed by atoms with Crippen LogP contribution in [-0.4, -0.2) is 35.7 Å². The topological polar surface area (TPSA) is 52.6 Å². The van der Waals surface area contributed by atoms with Gasteiger partial charge in [0.15, 0.2) is 0 Å². The third-order valence-electron chi connectivity index (χ3n) is 3.78. The fraction of sp³-hybridized carbons (Fsp3) is 0.250. The van der Waals surface area contributed by atoms with E-state index < -0.39 is 0 Å². The lowest BCUT2D eigenvalue weighted by molar-refractivity contribution is 0.195. The molecule has 0 fully saturated rings. The zero-order valence-electron chi connectivity index (χ0n) is 14.0. The third kappa shape index (κ3) is 5.36. The van der Waals surface area contributed by atoms with Crippen LogP contribution in [-0.2, 0) is 6.42 Å². The van der Waals surface area contributed by atoms with Gasteiger partial charge in [-0.25, -0.2) is 4.79 Å². The summed E-state index contributed by atoms with van der Waals surface area (Å²) in [6, 6.07) is 16.6. The van der Waals surface area contributed by atoms with Crippen molar-refractivity contribution in [2.45, 2.75) is 19.4 Å². The van der Waals surface area contributed by atoms with Gasteiger partial charge in [0.1, 0.15) is 5.75 Å². The highest BCUT2D eigenvalue weighted by Gasteiger charge is 2.15. The Morgan fingerprint density at radius 3 is 2.50 bits per heavy atom. The van der Waals surface area contributed by atoms with Crippen LogP contribution in [0.4, 0.5) is 4.79 Å². The number of carbonyl (C=O) groups excluding carboxylic acids is 1. The van der Waals surface area contributed by atoms with Crippen molar-refractivity contribution in [2.75, 3.05) is 13.6 Å². The van der Waals surface area contributed by atoms with Gasteiger partial charge in [0.25, 0.3) is 0 Å². The first-order valence-electron chi connectivity index (χ1n) is 7.89. The molecule has 2 amide bonds. The average molecular weight is 322 g/mol. The first kappa shape index (κ1) is 17.4. The molecule has 0 heterocycles. The van der Waals surface area contributed by atoms with E-state index in [0.717, 1.165) is 17.5 Å². The summed E-state index contributed by atoms with van der Waals surface area (Å²) < 4.78 is 0. The Kier molecular flexibility index (Phi) is 6.27. The molecule has 4 nitrogen and oxygen atoms in total. The Balaban J connectivity index is 1.81. The van der Waals surface area contributed by atoms with E-state index in [1.807, 2.05) is 49.4 Å². The summed E-state index contributed by atoms with van der Waals surface area (Å²) >= 11 is 0. The van der Waals surface area contributed by atoms with E-state index >= 15 is 0 Å². The minimum atomic E-state index is -0.149. The molecule has 24 heavy (non-hydrogen) atoms. The molecule has 2 rings (SSSR count). The summed E-state index contributed by atoms with van der Waals surface area (Å²) in [5.41, 5.74) is 2.00. The van der Waals surface area contributed by atoms with Crippen LogP contribution in [0.1, 0.15) is 18.1 Å². The molecule has 2 aromatic rings. The Hall–Kier alpha value is -2.93. The molecule has 1 unspecified atom stereocenters. The first-order valence-corrected chi connectivity index (χ1v) is 7.89. The van der Waals surface area contributed by atoms with E-state index in [4.69, 9.17) is 0 Å². The molecule has 0 aromatic heterocycles. The second kappa shape index (κ2) is 8.64. The van der Waals surface area contributed by atoms with Gasteiger partial charge >= 0.3 is 6.03 Å². The van der Waals surface area contributed by atoms with Gasteiger partial charge in [0.05, 0.1) is 6.54 Å².